The van der Waals surface area contributed by atoms with Crippen molar-refractivity contribution in [2.45, 2.75) is 39.7 Å². The third-order valence-corrected chi connectivity index (χ3v) is 1.71. The summed E-state index contributed by atoms with van der Waals surface area (Å²) in [7, 11) is 0. The number of hydrogen-bond acceptors (Lipinski definition) is 3. The van der Waals surface area contributed by atoms with E-state index in [9.17, 15) is 4.79 Å². The van der Waals surface area contributed by atoms with Crippen LogP contribution >= 0.6 is 0 Å². The molecule has 0 aromatic heterocycles. The molecule has 0 spiro atoms. The highest BCUT2D eigenvalue weighted by Gasteiger charge is 1.98. The zero-order valence-corrected chi connectivity index (χ0v) is 9.29. The predicted molar refractivity (Wildman–Crippen MR) is 56.1 cm³/mol. The summed E-state index contributed by atoms with van der Waals surface area (Å²) >= 11 is 0. The van der Waals surface area contributed by atoms with Gasteiger partial charge in [-0.2, -0.15) is 0 Å². The number of esters is 1. The molecule has 0 rings (SSSR count). The summed E-state index contributed by atoms with van der Waals surface area (Å²) < 4.78 is 10.1. The Labute approximate surface area is 86.1 Å². The fourth-order valence-electron chi connectivity index (χ4n) is 1.04. The summed E-state index contributed by atoms with van der Waals surface area (Å²) in [6.45, 7) is 6.82. The van der Waals surface area contributed by atoms with Gasteiger partial charge in [-0.15, -0.1) is 0 Å². The molecule has 0 N–H and O–H groups in total. The van der Waals surface area contributed by atoms with Crippen molar-refractivity contribution in [1.82, 2.24) is 0 Å². The van der Waals surface area contributed by atoms with Gasteiger partial charge in [-0.1, -0.05) is 19.4 Å². The van der Waals surface area contributed by atoms with Gasteiger partial charge < -0.3 is 9.47 Å². The molecule has 0 aromatic rings. The Morgan fingerprint density at radius 1 is 1.43 bits per heavy atom. The van der Waals surface area contributed by atoms with E-state index in [4.69, 9.17) is 9.47 Å². The largest absolute Gasteiger partial charge is 0.463 e. The van der Waals surface area contributed by atoms with E-state index < -0.39 is 0 Å². The number of ether oxygens (including phenoxy) is 2. The molecule has 1 unspecified atom stereocenters. The van der Waals surface area contributed by atoms with E-state index in [0.717, 1.165) is 12.8 Å². The minimum Gasteiger partial charge on any atom is -0.463 e. The predicted octanol–water partition coefficient (Wildman–Crippen LogP) is 2.31. The molecule has 14 heavy (non-hydrogen) atoms. The fourth-order valence-corrected chi connectivity index (χ4v) is 1.04. The summed E-state index contributed by atoms with van der Waals surface area (Å²) in [5, 5.41) is 0. The zero-order chi connectivity index (χ0) is 10.8. The smallest absolute Gasteiger partial charge is 0.330 e. The van der Waals surface area contributed by atoms with Crippen LogP contribution in [0.3, 0.4) is 0 Å². The molecule has 0 aliphatic carbocycles. The zero-order valence-electron chi connectivity index (χ0n) is 9.29. The van der Waals surface area contributed by atoms with Gasteiger partial charge in [-0.3, -0.25) is 0 Å². The lowest BCUT2D eigenvalue weighted by atomic mass is 10.2. The normalized spacial score (nSPS) is 13.1. The average Bonchev–Trinajstić information content (AvgIpc) is 2.13. The number of hydrogen-bond donors (Lipinski definition) is 0. The second kappa shape index (κ2) is 8.75. The molecular formula is C11H20O3. The number of carbonyl (C=O) groups excluding carboxylic acids is 1. The van der Waals surface area contributed by atoms with Crippen LogP contribution in [0.4, 0.5) is 0 Å². The van der Waals surface area contributed by atoms with Crippen LogP contribution in [0.1, 0.15) is 33.6 Å². The van der Waals surface area contributed by atoms with E-state index in [2.05, 4.69) is 6.92 Å². The van der Waals surface area contributed by atoms with Gasteiger partial charge >= 0.3 is 5.97 Å². The van der Waals surface area contributed by atoms with Crippen molar-refractivity contribution in [3.8, 4) is 0 Å². The second-order valence-corrected chi connectivity index (χ2v) is 3.09. The van der Waals surface area contributed by atoms with Gasteiger partial charge in [0.05, 0.1) is 19.3 Å². The first-order valence-corrected chi connectivity index (χ1v) is 5.15. The number of rotatable bonds is 7. The van der Waals surface area contributed by atoms with Gasteiger partial charge in [0.1, 0.15) is 0 Å². The Hall–Kier alpha value is -0.830. The maximum absolute atomic E-state index is 10.8. The molecule has 0 fully saturated rings. The molecule has 0 saturated heterocycles. The second-order valence-electron chi connectivity index (χ2n) is 3.09. The molecule has 0 amide bonds. The van der Waals surface area contributed by atoms with Gasteiger partial charge in [0.2, 0.25) is 0 Å². The summed E-state index contributed by atoms with van der Waals surface area (Å²) in [5.74, 6) is -0.306. The van der Waals surface area contributed by atoms with Gasteiger partial charge in [0, 0.05) is 6.08 Å². The van der Waals surface area contributed by atoms with Gasteiger partial charge in [0.25, 0.3) is 0 Å². The van der Waals surface area contributed by atoms with Crippen molar-refractivity contribution in [2.24, 2.45) is 0 Å². The fraction of sp³-hybridized carbons (Fsp3) is 0.727. The molecule has 0 bridgehead atoms. The SMILES string of the molecule is CCCC(C)OC/C=C/C(=O)OCC. The highest BCUT2D eigenvalue weighted by molar-refractivity contribution is 5.81. The monoisotopic (exact) mass is 200 g/mol. The van der Waals surface area contributed by atoms with Crippen molar-refractivity contribution in [3.05, 3.63) is 12.2 Å². The van der Waals surface area contributed by atoms with Gasteiger partial charge in [-0.25, -0.2) is 4.79 Å². The minimum atomic E-state index is -0.306. The molecule has 0 aliphatic rings. The molecule has 0 aromatic carbocycles. The molecule has 0 radical (unpaired) electrons. The van der Waals surface area contributed by atoms with Crippen molar-refractivity contribution in [3.63, 3.8) is 0 Å². The van der Waals surface area contributed by atoms with Crippen LogP contribution in [0.15, 0.2) is 12.2 Å². The van der Waals surface area contributed by atoms with Crippen molar-refractivity contribution in [2.75, 3.05) is 13.2 Å². The Morgan fingerprint density at radius 3 is 2.71 bits per heavy atom. The Balaban J connectivity index is 3.47. The maximum Gasteiger partial charge on any atom is 0.330 e. The lowest BCUT2D eigenvalue weighted by Crippen LogP contribution is -2.07. The topological polar surface area (TPSA) is 35.5 Å². The summed E-state index contributed by atoms with van der Waals surface area (Å²) in [6.07, 6.45) is 5.51. The van der Waals surface area contributed by atoms with Crippen molar-refractivity contribution in [1.29, 1.82) is 0 Å². The first kappa shape index (κ1) is 13.2. The van der Waals surface area contributed by atoms with Crippen molar-refractivity contribution >= 4 is 5.97 Å². The Bertz CT molecular complexity index is 175. The first-order chi connectivity index (χ1) is 6.70. The molecule has 82 valence electrons. The highest BCUT2D eigenvalue weighted by Crippen LogP contribution is 2.00. The molecule has 0 heterocycles. The molecule has 0 aliphatic heterocycles. The standard InChI is InChI=1S/C11H20O3/c1-4-7-10(3)14-9-6-8-11(12)13-5-2/h6,8,10H,4-5,7,9H2,1-3H3/b8-6+. The van der Waals surface area contributed by atoms with E-state index in [0.29, 0.717) is 13.2 Å². The third-order valence-electron chi connectivity index (χ3n) is 1.71. The summed E-state index contributed by atoms with van der Waals surface area (Å²) in [5.41, 5.74) is 0. The Morgan fingerprint density at radius 2 is 2.14 bits per heavy atom. The lowest BCUT2D eigenvalue weighted by molar-refractivity contribution is -0.137. The molecular weight excluding hydrogens is 180 g/mol. The maximum atomic E-state index is 10.8. The van der Waals surface area contributed by atoms with E-state index in [1.165, 1.54) is 6.08 Å². The number of carbonyl (C=O) groups is 1. The van der Waals surface area contributed by atoms with Crippen LogP contribution < -0.4 is 0 Å². The lowest BCUT2D eigenvalue weighted by Gasteiger charge is -2.08. The van der Waals surface area contributed by atoms with Gasteiger partial charge in [-0.05, 0) is 20.3 Å². The molecule has 3 nitrogen and oxygen atoms in total. The molecule has 1 atom stereocenters. The van der Waals surface area contributed by atoms with Crippen LogP contribution in [-0.2, 0) is 14.3 Å². The van der Waals surface area contributed by atoms with Gasteiger partial charge in [0.15, 0.2) is 0 Å². The summed E-state index contributed by atoms with van der Waals surface area (Å²) in [4.78, 5) is 10.8. The van der Waals surface area contributed by atoms with E-state index in [1.54, 1.807) is 13.0 Å². The van der Waals surface area contributed by atoms with E-state index in [-0.39, 0.29) is 12.1 Å². The first-order valence-electron chi connectivity index (χ1n) is 5.15. The third kappa shape index (κ3) is 7.80. The van der Waals surface area contributed by atoms with Crippen LogP contribution in [0.25, 0.3) is 0 Å². The van der Waals surface area contributed by atoms with Crippen LogP contribution in [0.5, 0.6) is 0 Å². The summed E-state index contributed by atoms with van der Waals surface area (Å²) in [6, 6.07) is 0. The highest BCUT2D eigenvalue weighted by atomic mass is 16.5. The van der Waals surface area contributed by atoms with Crippen LogP contribution in [-0.4, -0.2) is 25.3 Å². The van der Waals surface area contributed by atoms with E-state index in [1.807, 2.05) is 6.92 Å². The minimum absolute atomic E-state index is 0.256. The van der Waals surface area contributed by atoms with Crippen molar-refractivity contribution < 1.29 is 14.3 Å². The Kier molecular flexibility index (Phi) is 8.24. The molecule has 3 heteroatoms. The molecule has 0 saturated carbocycles. The quantitative estimate of drug-likeness (QED) is 0.467. The van der Waals surface area contributed by atoms with E-state index >= 15 is 0 Å². The van der Waals surface area contributed by atoms with Crippen LogP contribution in [0, 0.1) is 0 Å². The van der Waals surface area contributed by atoms with Crippen LogP contribution in [0.2, 0.25) is 0 Å². The average molecular weight is 200 g/mol.